The van der Waals surface area contributed by atoms with E-state index in [4.69, 9.17) is 28.3 Å². The van der Waals surface area contributed by atoms with E-state index in [1.165, 1.54) is 0 Å². The summed E-state index contributed by atoms with van der Waals surface area (Å²) in [5, 5.41) is 15.4. The maximum absolute atomic E-state index is 12.8. The van der Waals surface area contributed by atoms with Crippen molar-refractivity contribution in [2.24, 2.45) is 0 Å². The zero-order valence-electron chi connectivity index (χ0n) is 20.0. The summed E-state index contributed by atoms with van der Waals surface area (Å²) in [7, 11) is 0. The van der Waals surface area contributed by atoms with Crippen molar-refractivity contribution in [3.05, 3.63) is 90.8 Å². The number of aromatic nitrogens is 5. The monoisotopic (exact) mass is 529 g/mol. The first kappa shape index (κ1) is 25.3. The third kappa shape index (κ3) is 5.09. The standard InChI is InChI=1S/C24H25Cl2N7O3/c1-13(32-22(35)29-30-23(32)36)14-7-5-8-15(11-14)33-19(12-18(31-33)24(2,3)4)28-21(34)27-17-10-6-9-16(25)20(17)26/h5-13H,1-4H3,(H,29,35)(H,30,36)(H2,27,28,34). The smallest absolute Gasteiger partial charge is 0.306 e. The van der Waals surface area contributed by atoms with Gasteiger partial charge in [0, 0.05) is 11.5 Å². The molecule has 1 unspecified atom stereocenters. The highest BCUT2D eigenvalue weighted by Gasteiger charge is 2.23. The number of nitrogens with zero attached hydrogens (tertiary/aromatic N) is 3. The first-order chi connectivity index (χ1) is 17.0. The highest BCUT2D eigenvalue weighted by molar-refractivity contribution is 6.44. The van der Waals surface area contributed by atoms with Gasteiger partial charge in [0.2, 0.25) is 0 Å². The van der Waals surface area contributed by atoms with Crippen LogP contribution in [0, 0.1) is 0 Å². The fourth-order valence-electron chi connectivity index (χ4n) is 3.64. The van der Waals surface area contributed by atoms with Crippen molar-refractivity contribution < 1.29 is 4.79 Å². The lowest BCUT2D eigenvalue weighted by Crippen LogP contribution is -2.30. The molecule has 4 rings (SSSR count). The molecule has 188 valence electrons. The second kappa shape index (κ2) is 9.71. The van der Waals surface area contributed by atoms with Gasteiger partial charge in [-0.15, -0.1) is 0 Å². The van der Waals surface area contributed by atoms with Crippen LogP contribution in [0.5, 0.6) is 0 Å². The van der Waals surface area contributed by atoms with Crippen molar-refractivity contribution in [2.45, 2.75) is 39.2 Å². The molecule has 0 saturated heterocycles. The third-order valence-corrected chi connectivity index (χ3v) is 6.44. The van der Waals surface area contributed by atoms with E-state index in [1.807, 2.05) is 32.9 Å². The Balaban J connectivity index is 1.70. The second-order valence-electron chi connectivity index (χ2n) is 9.26. The first-order valence-corrected chi connectivity index (χ1v) is 11.8. The summed E-state index contributed by atoms with van der Waals surface area (Å²) in [5.74, 6) is 0.414. The van der Waals surface area contributed by atoms with Crippen LogP contribution in [-0.4, -0.2) is 30.6 Å². The molecular formula is C24H25Cl2N7O3. The Labute approximate surface area is 216 Å². The van der Waals surface area contributed by atoms with E-state index >= 15 is 0 Å². The first-order valence-electron chi connectivity index (χ1n) is 11.1. The molecule has 0 radical (unpaired) electrons. The van der Waals surface area contributed by atoms with Crippen LogP contribution in [0.25, 0.3) is 5.69 Å². The normalized spacial score (nSPS) is 12.4. The van der Waals surface area contributed by atoms with Gasteiger partial charge in [-0.1, -0.05) is 62.2 Å². The van der Waals surface area contributed by atoms with Crippen LogP contribution in [0.1, 0.15) is 45.0 Å². The Morgan fingerprint density at radius 3 is 2.33 bits per heavy atom. The average molecular weight is 530 g/mol. The topological polar surface area (TPSA) is 130 Å². The minimum Gasteiger partial charge on any atom is -0.306 e. The summed E-state index contributed by atoms with van der Waals surface area (Å²) in [4.78, 5) is 37.0. The van der Waals surface area contributed by atoms with E-state index in [1.54, 1.807) is 48.0 Å². The van der Waals surface area contributed by atoms with E-state index in [0.29, 0.717) is 27.8 Å². The highest BCUT2D eigenvalue weighted by atomic mass is 35.5. The number of rotatable bonds is 5. The van der Waals surface area contributed by atoms with Gasteiger partial charge in [0.1, 0.15) is 5.82 Å². The van der Waals surface area contributed by atoms with E-state index < -0.39 is 23.5 Å². The Kier molecular flexibility index (Phi) is 6.83. The average Bonchev–Trinajstić information content (AvgIpc) is 3.39. The minimum atomic E-state index is -0.547. The summed E-state index contributed by atoms with van der Waals surface area (Å²) >= 11 is 12.3. The number of halogens is 2. The molecule has 36 heavy (non-hydrogen) atoms. The summed E-state index contributed by atoms with van der Waals surface area (Å²) in [6, 6.07) is 12.9. The predicted octanol–water partition coefficient (Wildman–Crippen LogP) is 4.91. The zero-order valence-corrected chi connectivity index (χ0v) is 21.5. The number of urea groups is 1. The lowest BCUT2D eigenvalue weighted by molar-refractivity contribution is 0.262. The number of hydrogen-bond acceptors (Lipinski definition) is 4. The molecule has 4 aromatic rings. The number of aromatic amines is 2. The lowest BCUT2D eigenvalue weighted by Gasteiger charge is -2.15. The molecule has 2 heterocycles. The SMILES string of the molecule is CC(c1cccc(-n2nc(C(C)(C)C)cc2NC(=O)Nc2cccc(Cl)c2Cl)c1)n1c(=O)[nH][nH]c1=O. The molecule has 0 aliphatic carbocycles. The molecule has 12 heteroatoms. The summed E-state index contributed by atoms with van der Waals surface area (Å²) in [6.07, 6.45) is 0. The summed E-state index contributed by atoms with van der Waals surface area (Å²) < 4.78 is 2.68. The quantitative estimate of drug-likeness (QED) is 0.292. The number of nitrogens with one attached hydrogen (secondary N) is 4. The fraction of sp³-hybridized carbons (Fsp3) is 0.250. The molecular weight excluding hydrogens is 505 g/mol. The molecule has 0 aliphatic heterocycles. The number of carbonyl (C=O) groups excluding carboxylic acids is 1. The van der Waals surface area contributed by atoms with Gasteiger partial charge < -0.3 is 5.32 Å². The lowest BCUT2D eigenvalue weighted by atomic mass is 9.92. The van der Waals surface area contributed by atoms with Crippen LogP contribution in [0.15, 0.2) is 58.1 Å². The van der Waals surface area contributed by atoms with Crippen LogP contribution in [0.3, 0.4) is 0 Å². The fourth-order valence-corrected chi connectivity index (χ4v) is 3.99. The molecule has 0 fully saturated rings. The van der Waals surface area contributed by atoms with Gasteiger partial charge in [-0.05, 0) is 36.8 Å². The van der Waals surface area contributed by atoms with E-state index in [2.05, 4.69) is 20.8 Å². The Morgan fingerprint density at radius 2 is 1.67 bits per heavy atom. The van der Waals surface area contributed by atoms with Crippen LogP contribution in [0.4, 0.5) is 16.3 Å². The maximum atomic E-state index is 12.8. The van der Waals surface area contributed by atoms with Gasteiger partial charge in [0.05, 0.1) is 33.2 Å². The zero-order chi connectivity index (χ0) is 26.2. The molecule has 0 aliphatic rings. The molecule has 2 aromatic heterocycles. The van der Waals surface area contributed by atoms with Gasteiger partial charge in [-0.2, -0.15) is 5.10 Å². The van der Waals surface area contributed by atoms with Crippen LogP contribution < -0.4 is 22.0 Å². The molecule has 1 atom stereocenters. The number of anilines is 2. The number of carbonyl (C=O) groups is 1. The summed E-state index contributed by atoms with van der Waals surface area (Å²) in [6.45, 7) is 7.78. The van der Waals surface area contributed by atoms with Crippen molar-refractivity contribution in [1.29, 1.82) is 0 Å². The van der Waals surface area contributed by atoms with Crippen LogP contribution >= 0.6 is 23.2 Å². The van der Waals surface area contributed by atoms with Gasteiger partial charge in [-0.3, -0.25) is 5.32 Å². The molecule has 0 spiro atoms. The molecule has 10 nitrogen and oxygen atoms in total. The number of hydrogen-bond donors (Lipinski definition) is 4. The van der Waals surface area contributed by atoms with Gasteiger partial charge >= 0.3 is 17.4 Å². The molecule has 2 amide bonds. The van der Waals surface area contributed by atoms with Crippen LogP contribution in [-0.2, 0) is 5.41 Å². The highest BCUT2D eigenvalue weighted by Crippen LogP contribution is 2.31. The van der Waals surface area contributed by atoms with Gasteiger partial charge in [0.15, 0.2) is 0 Å². The second-order valence-corrected chi connectivity index (χ2v) is 10.0. The van der Waals surface area contributed by atoms with E-state index in [0.717, 1.165) is 10.3 Å². The molecule has 2 aromatic carbocycles. The van der Waals surface area contributed by atoms with Crippen molar-refractivity contribution in [2.75, 3.05) is 10.6 Å². The number of amides is 2. The van der Waals surface area contributed by atoms with Crippen molar-refractivity contribution in [3.63, 3.8) is 0 Å². The van der Waals surface area contributed by atoms with Crippen molar-refractivity contribution in [3.8, 4) is 5.69 Å². The Bertz CT molecular complexity index is 1510. The van der Waals surface area contributed by atoms with Crippen molar-refractivity contribution >= 4 is 40.7 Å². The molecule has 0 saturated carbocycles. The largest absolute Gasteiger partial charge is 0.344 e. The predicted molar refractivity (Wildman–Crippen MR) is 141 cm³/mol. The third-order valence-electron chi connectivity index (χ3n) is 5.62. The Morgan fingerprint density at radius 1 is 1.00 bits per heavy atom. The minimum absolute atomic E-state index is 0.231. The van der Waals surface area contributed by atoms with Gasteiger partial charge in [0.25, 0.3) is 0 Å². The van der Waals surface area contributed by atoms with Gasteiger partial charge in [-0.25, -0.2) is 33.8 Å². The maximum Gasteiger partial charge on any atom is 0.344 e. The molecule has 0 bridgehead atoms. The van der Waals surface area contributed by atoms with E-state index in [9.17, 15) is 14.4 Å². The van der Waals surface area contributed by atoms with Crippen molar-refractivity contribution in [1.82, 2.24) is 24.5 Å². The van der Waals surface area contributed by atoms with E-state index in [-0.39, 0.29) is 10.4 Å². The Hall–Kier alpha value is -3.76. The summed E-state index contributed by atoms with van der Waals surface area (Å²) in [5.41, 5.74) is 1.07. The molecule has 4 N–H and O–H groups in total. The number of H-pyrrole nitrogens is 2. The number of benzene rings is 2. The van der Waals surface area contributed by atoms with Crippen LogP contribution in [0.2, 0.25) is 10.0 Å².